The average Bonchev–Trinajstić information content (AvgIpc) is 3.45. The monoisotopic (exact) mass is 431 g/mol. The van der Waals surface area contributed by atoms with E-state index in [4.69, 9.17) is 5.73 Å². The minimum Gasteiger partial charge on any atom is -0.330 e. The van der Waals surface area contributed by atoms with Crippen LogP contribution in [-0.2, 0) is 0 Å². The first-order valence-electron chi connectivity index (χ1n) is 11.1. The maximum atomic E-state index is 10.7. The molecular weight excluding hydrogens is 394 g/mol. The van der Waals surface area contributed by atoms with Gasteiger partial charge in [-0.2, -0.15) is 0 Å². The van der Waals surface area contributed by atoms with E-state index in [0.29, 0.717) is 10.4 Å². The van der Waals surface area contributed by atoms with E-state index >= 15 is 0 Å². The maximum Gasteiger partial charge on any atom is 0.161 e. The number of aryl methyl sites for hydroxylation is 1. The van der Waals surface area contributed by atoms with E-state index in [0.717, 1.165) is 35.4 Å². The van der Waals surface area contributed by atoms with Crippen LogP contribution in [0.4, 0.5) is 0 Å². The third-order valence-electron chi connectivity index (χ3n) is 4.86. The van der Waals surface area contributed by atoms with Crippen LogP contribution < -0.4 is 5.73 Å². The molecule has 1 saturated heterocycles. The molecule has 1 aliphatic heterocycles. The molecule has 0 bridgehead atoms. The van der Waals surface area contributed by atoms with Crippen molar-refractivity contribution in [1.29, 1.82) is 0 Å². The Hall–Kier alpha value is -1.89. The first-order valence-corrected chi connectivity index (χ1v) is 11.9. The summed E-state index contributed by atoms with van der Waals surface area (Å²) in [5.41, 5.74) is 7.72. The van der Waals surface area contributed by atoms with Crippen LogP contribution in [0.25, 0.3) is 10.6 Å². The number of rotatable bonds is 9. The summed E-state index contributed by atoms with van der Waals surface area (Å²) in [5.74, 6) is 0. The van der Waals surface area contributed by atoms with Crippen molar-refractivity contribution in [2.45, 2.75) is 59.3 Å². The molecule has 5 nitrogen and oxygen atoms in total. The molecular formula is C24H37N3O2S. The van der Waals surface area contributed by atoms with Crippen molar-refractivity contribution in [3.63, 3.8) is 0 Å². The number of unbranched alkanes of at least 4 members (excludes halogenated alkanes) is 3. The number of hydrogen-bond acceptors (Lipinski definition) is 6. The first kappa shape index (κ1) is 26.1. The molecule has 0 unspecified atom stereocenters. The Balaban J connectivity index is 0.000000287. The Morgan fingerprint density at radius 3 is 2.17 bits per heavy atom. The molecule has 6 heteroatoms. The summed E-state index contributed by atoms with van der Waals surface area (Å²) in [4.78, 5) is 28.7. The molecule has 0 amide bonds. The lowest BCUT2D eigenvalue weighted by molar-refractivity contribution is 0.111. The molecule has 0 aliphatic carbocycles. The van der Waals surface area contributed by atoms with Crippen molar-refractivity contribution in [2.75, 3.05) is 26.2 Å². The highest BCUT2D eigenvalue weighted by molar-refractivity contribution is 7.16. The van der Waals surface area contributed by atoms with Gasteiger partial charge in [0.05, 0.1) is 10.6 Å². The molecule has 2 heterocycles. The van der Waals surface area contributed by atoms with Crippen LogP contribution in [0.5, 0.6) is 0 Å². The van der Waals surface area contributed by atoms with E-state index in [1.165, 1.54) is 69.5 Å². The number of carbonyl (C=O) groups excluding carboxylic acids is 2. The number of thiazole rings is 1. The van der Waals surface area contributed by atoms with E-state index in [9.17, 15) is 9.59 Å². The van der Waals surface area contributed by atoms with Crippen LogP contribution >= 0.6 is 11.3 Å². The summed E-state index contributed by atoms with van der Waals surface area (Å²) < 4.78 is 0. The fraction of sp³-hybridized carbons (Fsp3) is 0.542. The molecule has 1 aromatic heterocycles. The van der Waals surface area contributed by atoms with Gasteiger partial charge in [0.15, 0.2) is 6.29 Å². The van der Waals surface area contributed by atoms with E-state index in [1.54, 1.807) is 12.1 Å². The van der Waals surface area contributed by atoms with Gasteiger partial charge < -0.3 is 10.6 Å². The number of aldehydes is 2. The third-order valence-corrected chi connectivity index (χ3v) is 5.99. The Kier molecular flexibility index (Phi) is 13.8. The van der Waals surface area contributed by atoms with Crippen molar-refractivity contribution in [1.82, 2.24) is 9.88 Å². The zero-order valence-electron chi connectivity index (χ0n) is 18.7. The first-order chi connectivity index (χ1) is 14.7. The summed E-state index contributed by atoms with van der Waals surface area (Å²) in [6, 6.07) is 7.13. The van der Waals surface area contributed by atoms with Crippen molar-refractivity contribution in [3.05, 3.63) is 40.4 Å². The molecule has 0 atom stereocenters. The molecule has 2 aromatic rings. The molecule has 3 rings (SSSR count). The second-order valence-corrected chi connectivity index (χ2v) is 8.11. The van der Waals surface area contributed by atoms with Gasteiger partial charge in [-0.3, -0.25) is 9.59 Å². The third kappa shape index (κ3) is 9.28. The summed E-state index contributed by atoms with van der Waals surface area (Å²) >= 11 is 1.36. The van der Waals surface area contributed by atoms with Crippen LogP contribution in [0.3, 0.4) is 0 Å². The Bertz CT molecular complexity index is 723. The van der Waals surface area contributed by atoms with Gasteiger partial charge in [0.25, 0.3) is 0 Å². The number of nitrogens with two attached hydrogens (primary N) is 1. The van der Waals surface area contributed by atoms with E-state index < -0.39 is 0 Å². The molecule has 0 spiro atoms. The average molecular weight is 432 g/mol. The normalized spacial score (nSPS) is 13.1. The van der Waals surface area contributed by atoms with Gasteiger partial charge in [-0.1, -0.05) is 51.0 Å². The SMILES string of the molecule is CC.Cc1nc(-c2ccc(C=O)cc2)sc1C=O.NCCCCCCN1CCCC1. The van der Waals surface area contributed by atoms with Crippen LogP contribution in [0.15, 0.2) is 24.3 Å². The number of benzene rings is 1. The second-order valence-electron chi connectivity index (χ2n) is 7.08. The number of carbonyl (C=O) groups is 2. The predicted molar refractivity (Wildman–Crippen MR) is 128 cm³/mol. The van der Waals surface area contributed by atoms with Gasteiger partial charge in [-0.05, 0) is 58.8 Å². The van der Waals surface area contributed by atoms with Crippen LogP contribution in [0.1, 0.15) is 78.1 Å². The zero-order chi connectivity index (χ0) is 22.2. The lowest BCUT2D eigenvalue weighted by atomic mass is 10.1. The molecule has 1 aliphatic rings. The Morgan fingerprint density at radius 1 is 1.00 bits per heavy atom. The molecule has 30 heavy (non-hydrogen) atoms. The Labute approximate surface area is 185 Å². The molecule has 166 valence electrons. The molecule has 1 fully saturated rings. The quantitative estimate of drug-likeness (QED) is 0.426. The van der Waals surface area contributed by atoms with Crippen LogP contribution in [0.2, 0.25) is 0 Å². The highest BCUT2D eigenvalue weighted by atomic mass is 32.1. The Morgan fingerprint density at radius 2 is 1.63 bits per heavy atom. The molecule has 1 aromatic carbocycles. The smallest absolute Gasteiger partial charge is 0.161 e. The van der Waals surface area contributed by atoms with Gasteiger partial charge in [-0.15, -0.1) is 11.3 Å². The summed E-state index contributed by atoms with van der Waals surface area (Å²) in [7, 11) is 0. The molecule has 2 N–H and O–H groups in total. The van der Waals surface area contributed by atoms with Gasteiger partial charge in [-0.25, -0.2) is 4.98 Å². The van der Waals surface area contributed by atoms with Crippen molar-refractivity contribution >= 4 is 23.9 Å². The van der Waals surface area contributed by atoms with Crippen LogP contribution in [0, 0.1) is 6.92 Å². The lowest BCUT2D eigenvalue weighted by Gasteiger charge is -2.13. The predicted octanol–water partition coefficient (Wildman–Crippen LogP) is 5.37. The zero-order valence-corrected chi connectivity index (χ0v) is 19.5. The molecule has 0 saturated carbocycles. The standard InChI is InChI=1S/C12H9NO2S.C10H22N2.C2H6/c1-8-11(7-15)16-12(13-8)10-4-2-9(6-14)3-5-10;11-7-3-1-2-4-8-12-9-5-6-10-12;1-2/h2-7H,1H3;1-11H2;1-2H3. The van der Waals surface area contributed by atoms with Crippen molar-refractivity contribution < 1.29 is 9.59 Å². The van der Waals surface area contributed by atoms with Gasteiger partial charge in [0.1, 0.15) is 11.3 Å². The number of likely N-dealkylation sites (tertiary alicyclic amines) is 1. The summed E-state index contributed by atoms with van der Waals surface area (Å²) in [6.07, 6.45) is 9.73. The topological polar surface area (TPSA) is 76.3 Å². The fourth-order valence-corrected chi connectivity index (χ4v) is 4.07. The number of nitrogens with zero attached hydrogens (tertiary/aromatic N) is 2. The largest absolute Gasteiger partial charge is 0.330 e. The summed E-state index contributed by atoms with van der Waals surface area (Å²) in [6.45, 7) is 10.7. The molecule has 0 radical (unpaired) electrons. The number of hydrogen-bond donors (Lipinski definition) is 1. The van der Waals surface area contributed by atoms with Gasteiger partial charge in [0, 0.05) is 11.1 Å². The van der Waals surface area contributed by atoms with Crippen LogP contribution in [-0.4, -0.2) is 48.6 Å². The highest BCUT2D eigenvalue weighted by Crippen LogP contribution is 2.26. The van der Waals surface area contributed by atoms with Crippen molar-refractivity contribution in [3.8, 4) is 10.6 Å². The summed E-state index contributed by atoms with van der Waals surface area (Å²) in [5, 5.41) is 0.803. The van der Waals surface area contributed by atoms with E-state index in [2.05, 4.69) is 9.88 Å². The maximum absolute atomic E-state index is 10.7. The minimum atomic E-state index is 0.632. The van der Waals surface area contributed by atoms with E-state index in [1.807, 2.05) is 32.9 Å². The second kappa shape index (κ2) is 15.9. The highest BCUT2D eigenvalue weighted by Gasteiger charge is 2.10. The van der Waals surface area contributed by atoms with Gasteiger partial charge >= 0.3 is 0 Å². The van der Waals surface area contributed by atoms with E-state index in [-0.39, 0.29) is 0 Å². The number of aromatic nitrogens is 1. The van der Waals surface area contributed by atoms with Crippen molar-refractivity contribution in [2.24, 2.45) is 5.73 Å². The lowest BCUT2D eigenvalue weighted by Crippen LogP contribution is -2.20. The minimum absolute atomic E-state index is 0.632. The van der Waals surface area contributed by atoms with Gasteiger partial charge in [0.2, 0.25) is 0 Å². The fourth-order valence-electron chi connectivity index (χ4n) is 3.18.